The van der Waals surface area contributed by atoms with Crippen LogP contribution in [0.25, 0.3) is 33.7 Å². The van der Waals surface area contributed by atoms with Gasteiger partial charge in [0.2, 0.25) is 0 Å². The topological polar surface area (TPSA) is 94.7 Å². The summed E-state index contributed by atoms with van der Waals surface area (Å²) in [5, 5.41) is 14.2. The maximum Gasteiger partial charge on any atom is 0.0928 e. The number of rotatable bonds is 6. The van der Waals surface area contributed by atoms with Crippen LogP contribution in [0.4, 0.5) is 5.69 Å². The fraction of sp³-hybridized carbons (Fsp3) is 0.304. The number of pyridine rings is 3. The van der Waals surface area contributed by atoms with Crippen LogP contribution in [0.2, 0.25) is 0 Å². The second-order valence-corrected chi connectivity index (χ2v) is 7.80. The Morgan fingerprint density at radius 3 is 2.77 bits per heavy atom. The summed E-state index contributed by atoms with van der Waals surface area (Å²) in [6.07, 6.45) is 3.68. The highest BCUT2D eigenvalue weighted by atomic mass is 15.2. The standard InChI is InChI=1S/C23H26N8/c1-16-3-2-4-21(28-16)23-18(15-27-30-23)19-5-6-20-22(29-19)13-17(14-26-20)25-9-12-31-10-7-24-8-11-31/h2-6,13-15,24-25H,7-12H2,1H3,(H,27,30). The zero-order chi connectivity index (χ0) is 21.0. The largest absolute Gasteiger partial charge is 0.382 e. The predicted octanol–water partition coefficient (Wildman–Crippen LogP) is 2.71. The van der Waals surface area contributed by atoms with Gasteiger partial charge in [-0.15, -0.1) is 0 Å². The van der Waals surface area contributed by atoms with Gasteiger partial charge in [-0.2, -0.15) is 5.10 Å². The number of hydrogen-bond acceptors (Lipinski definition) is 7. The SMILES string of the molecule is Cc1cccc(-c2[nH]ncc2-c2ccc3ncc(NCCN4CCNCC4)cc3n2)n1. The van der Waals surface area contributed by atoms with Gasteiger partial charge in [0.05, 0.1) is 46.2 Å². The van der Waals surface area contributed by atoms with Gasteiger partial charge in [-0.05, 0) is 37.3 Å². The fourth-order valence-corrected chi connectivity index (χ4v) is 3.90. The van der Waals surface area contributed by atoms with Crippen molar-refractivity contribution in [2.45, 2.75) is 6.92 Å². The highest BCUT2D eigenvalue weighted by molar-refractivity contribution is 5.83. The molecule has 5 heterocycles. The molecule has 4 aromatic rings. The number of nitrogens with zero attached hydrogens (tertiary/aromatic N) is 5. The lowest BCUT2D eigenvalue weighted by Gasteiger charge is -2.27. The normalized spacial score (nSPS) is 14.7. The van der Waals surface area contributed by atoms with Gasteiger partial charge in [-0.1, -0.05) is 6.07 Å². The first-order valence-electron chi connectivity index (χ1n) is 10.7. The van der Waals surface area contributed by atoms with Crippen molar-refractivity contribution in [3.63, 3.8) is 0 Å². The molecule has 0 aliphatic carbocycles. The molecule has 0 unspecified atom stereocenters. The summed E-state index contributed by atoms with van der Waals surface area (Å²) in [6.45, 7) is 8.23. The molecule has 1 aliphatic rings. The van der Waals surface area contributed by atoms with Crippen LogP contribution >= 0.6 is 0 Å². The van der Waals surface area contributed by atoms with Crippen LogP contribution in [-0.2, 0) is 0 Å². The van der Waals surface area contributed by atoms with E-state index in [0.717, 1.165) is 84.3 Å². The lowest BCUT2D eigenvalue weighted by atomic mass is 10.1. The average Bonchev–Trinajstić information content (AvgIpc) is 3.29. The lowest BCUT2D eigenvalue weighted by Crippen LogP contribution is -2.45. The molecule has 0 radical (unpaired) electrons. The molecule has 1 fully saturated rings. The summed E-state index contributed by atoms with van der Waals surface area (Å²) < 4.78 is 0. The van der Waals surface area contributed by atoms with E-state index >= 15 is 0 Å². The molecule has 3 N–H and O–H groups in total. The van der Waals surface area contributed by atoms with Crippen LogP contribution in [0.3, 0.4) is 0 Å². The number of H-pyrrole nitrogens is 1. The van der Waals surface area contributed by atoms with Crippen LogP contribution in [0.5, 0.6) is 0 Å². The van der Waals surface area contributed by atoms with Crippen LogP contribution in [0.1, 0.15) is 5.69 Å². The zero-order valence-electron chi connectivity index (χ0n) is 17.6. The van der Waals surface area contributed by atoms with Gasteiger partial charge in [0.15, 0.2) is 0 Å². The maximum absolute atomic E-state index is 4.88. The summed E-state index contributed by atoms with van der Waals surface area (Å²) in [4.78, 5) is 16.5. The Balaban J connectivity index is 1.37. The van der Waals surface area contributed by atoms with Crippen molar-refractivity contribution in [3.05, 3.63) is 54.5 Å². The van der Waals surface area contributed by atoms with Crippen LogP contribution < -0.4 is 10.6 Å². The van der Waals surface area contributed by atoms with Gasteiger partial charge >= 0.3 is 0 Å². The van der Waals surface area contributed by atoms with E-state index in [1.54, 1.807) is 6.20 Å². The summed E-state index contributed by atoms with van der Waals surface area (Å²) in [7, 11) is 0. The number of aromatic nitrogens is 5. The minimum absolute atomic E-state index is 0.847. The number of fused-ring (bicyclic) bond motifs is 1. The third-order valence-electron chi connectivity index (χ3n) is 5.56. The van der Waals surface area contributed by atoms with Crippen molar-refractivity contribution in [3.8, 4) is 22.6 Å². The average molecular weight is 415 g/mol. The molecule has 0 amide bonds. The van der Waals surface area contributed by atoms with E-state index in [1.807, 2.05) is 43.5 Å². The first-order chi connectivity index (χ1) is 15.3. The molecule has 0 saturated carbocycles. The first kappa shape index (κ1) is 19.6. The smallest absolute Gasteiger partial charge is 0.0928 e. The minimum atomic E-state index is 0.847. The Labute approximate surface area is 181 Å². The molecule has 31 heavy (non-hydrogen) atoms. The molecule has 8 nitrogen and oxygen atoms in total. The van der Waals surface area contributed by atoms with E-state index in [1.165, 1.54) is 0 Å². The van der Waals surface area contributed by atoms with Crippen LogP contribution in [-0.4, -0.2) is 69.3 Å². The van der Waals surface area contributed by atoms with E-state index in [9.17, 15) is 0 Å². The molecular formula is C23H26N8. The summed E-state index contributed by atoms with van der Waals surface area (Å²) in [5.74, 6) is 0. The van der Waals surface area contributed by atoms with Gasteiger partial charge in [-0.3, -0.25) is 20.0 Å². The molecule has 4 aromatic heterocycles. The monoisotopic (exact) mass is 414 g/mol. The van der Waals surface area contributed by atoms with Crippen LogP contribution in [0.15, 0.2) is 48.8 Å². The Kier molecular flexibility index (Phi) is 5.56. The Morgan fingerprint density at radius 1 is 1.00 bits per heavy atom. The Morgan fingerprint density at radius 2 is 1.90 bits per heavy atom. The number of anilines is 1. The molecule has 8 heteroatoms. The van der Waals surface area contributed by atoms with Crippen molar-refractivity contribution in [1.29, 1.82) is 0 Å². The molecular weight excluding hydrogens is 388 g/mol. The maximum atomic E-state index is 4.88. The molecule has 0 spiro atoms. The predicted molar refractivity (Wildman–Crippen MR) is 123 cm³/mol. The molecule has 0 bridgehead atoms. The first-order valence-corrected chi connectivity index (χ1v) is 10.7. The van der Waals surface area contributed by atoms with Crippen molar-refractivity contribution in [1.82, 2.24) is 35.4 Å². The van der Waals surface area contributed by atoms with Gasteiger partial charge < -0.3 is 10.6 Å². The van der Waals surface area contributed by atoms with Crippen LogP contribution in [0, 0.1) is 6.92 Å². The Hall–Kier alpha value is -3.36. The van der Waals surface area contributed by atoms with Crippen molar-refractivity contribution in [2.24, 2.45) is 0 Å². The van der Waals surface area contributed by atoms with E-state index in [4.69, 9.17) is 4.98 Å². The second-order valence-electron chi connectivity index (χ2n) is 7.80. The molecule has 1 aliphatic heterocycles. The van der Waals surface area contributed by atoms with Gasteiger partial charge in [-0.25, -0.2) is 4.98 Å². The number of aromatic amines is 1. The highest BCUT2D eigenvalue weighted by Crippen LogP contribution is 2.29. The number of piperazine rings is 1. The third-order valence-corrected chi connectivity index (χ3v) is 5.56. The zero-order valence-corrected chi connectivity index (χ0v) is 17.6. The van der Waals surface area contributed by atoms with E-state index in [2.05, 4.69) is 41.8 Å². The third kappa shape index (κ3) is 4.40. The molecule has 0 aromatic carbocycles. The molecule has 0 atom stereocenters. The second kappa shape index (κ2) is 8.79. The number of aryl methyl sites for hydroxylation is 1. The fourth-order valence-electron chi connectivity index (χ4n) is 3.90. The quantitative estimate of drug-likeness (QED) is 0.447. The number of nitrogens with one attached hydrogen (secondary N) is 3. The molecule has 1 saturated heterocycles. The Bertz CT molecular complexity index is 1180. The van der Waals surface area contributed by atoms with Gasteiger partial charge in [0.25, 0.3) is 0 Å². The van der Waals surface area contributed by atoms with E-state index in [0.29, 0.717) is 0 Å². The minimum Gasteiger partial charge on any atom is -0.382 e. The van der Waals surface area contributed by atoms with Crippen molar-refractivity contribution < 1.29 is 0 Å². The lowest BCUT2D eigenvalue weighted by molar-refractivity contribution is 0.249. The highest BCUT2D eigenvalue weighted by Gasteiger charge is 2.13. The summed E-state index contributed by atoms with van der Waals surface area (Å²) >= 11 is 0. The van der Waals surface area contributed by atoms with E-state index in [-0.39, 0.29) is 0 Å². The van der Waals surface area contributed by atoms with Crippen molar-refractivity contribution >= 4 is 16.7 Å². The van der Waals surface area contributed by atoms with E-state index < -0.39 is 0 Å². The molecule has 158 valence electrons. The van der Waals surface area contributed by atoms with Crippen molar-refractivity contribution in [2.75, 3.05) is 44.6 Å². The summed E-state index contributed by atoms with van der Waals surface area (Å²) in [5.41, 5.74) is 7.18. The molecule has 5 rings (SSSR count). The number of hydrogen-bond donors (Lipinski definition) is 3. The van der Waals surface area contributed by atoms with Gasteiger partial charge in [0, 0.05) is 50.5 Å². The summed E-state index contributed by atoms with van der Waals surface area (Å²) in [6, 6.07) is 12.0. The van der Waals surface area contributed by atoms with Gasteiger partial charge in [0.1, 0.15) is 0 Å².